The molecular weight excluding hydrogens is 435 g/mol. The van der Waals surface area contributed by atoms with Gasteiger partial charge in [0.2, 0.25) is 5.78 Å². The number of para-hydroxylation sites is 2. The zero-order chi connectivity index (χ0) is 20.8. The second kappa shape index (κ2) is 9.61. The van der Waals surface area contributed by atoms with E-state index in [9.17, 15) is 9.36 Å². The lowest BCUT2D eigenvalue weighted by atomic mass is 10.1. The molecule has 4 rings (SSSR count). The van der Waals surface area contributed by atoms with Crippen molar-refractivity contribution in [2.45, 2.75) is 0 Å². The van der Waals surface area contributed by atoms with Crippen molar-refractivity contribution in [2.75, 3.05) is 11.5 Å². The predicted octanol–water partition coefficient (Wildman–Crippen LogP) is 6.87. The van der Waals surface area contributed by atoms with Crippen molar-refractivity contribution in [1.29, 1.82) is 0 Å². The summed E-state index contributed by atoms with van der Waals surface area (Å²) in [6.07, 6.45) is 0. The number of carbonyl (C=O) groups is 1. The number of rotatable bonds is 7. The number of Topliss-reactive ketones (excluding diaryl/α,β-unsaturated/α-hetero) is 1. The fourth-order valence-electron chi connectivity index (χ4n) is 2.85. The van der Waals surface area contributed by atoms with Gasteiger partial charge in [0.05, 0.1) is 4.24 Å². The molecule has 1 saturated heterocycles. The van der Waals surface area contributed by atoms with Crippen LogP contribution in [-0.2, 0) is 4.57 Å². The lowest BCUT2D eigenvalue weighted by Gasteiger charge is -2.23. The Balaban J connectivity index is 1.83. The van der Waals surface area contributed by atoms with Crippen molar-refractivity contribution >= 4 is 36.9 Å². The molecule has 0 bridgehead atoms. The van der Waals surface area contributed by atoms with Gasteiger partial charge >= 0.3 is 7.60 Å². The molecular formula is C23H19O4PS2. The van der Waals surface area contributed by atoms with Gasteiger partial charge in [-0.2, -0.15) is 0 Å². The molecule has 0 aliphatic carbocycles. The molecule has 1 heterocycles. The number of carbonyl (C=O) groups excluding carboxylic acids is 1. The highest BCUT2D eigenvalue weighted by Crippen LogP contribution is 2.61. The molecule has 152 valence electrons. The van der Waals surface area contributed by atoms with Crippen LogP contribution in [0.5, 0.6) is 11.5 Å². The van der Waals surface area contributed by atoms with E-state index in [0.717, 1.165) is 11.5 Å². The first kappa shape index (κ1) is 20.9. The summed E-state index contributed by atoms with van der Waals surface area (Å²) in [5.74, 6) is 2.08. The first-order valence-electron chi connectivity index (χ1n) is 9.35. The van der Waals surface area contributed by atoms with E-state index in [1.807, 2.05) is 18.2 Å². The number of allylic oxidation sites excluding steroid dienone is 1. The fourth-order valence-corrected chi connectivity index (χ4v) is 7.86. The summed E-state index contributed by atoms with van der Waals surface area (Å²) in [6.45, 7) is 0. The van der Waals surface area contributed by atoms with Crippen LogP contribution in [0.25, 0.3) is 0 Å². The summed E-state index contributed by atoms with van der Waals surface area (Å²) in [7, 11) is -4.06. The van der Waals surface area contributed by atoms with E-state index >= 15 is 0 Å². The van der Waals surface area contributed by atoms with Crippen LogP contribution < -0.4 is 9.05 Å². The molecule has 0 amide bonds. The molecule has 0 unspecified atom stereocenters. The van der Waals surface area contributed by atoms with Crippen LogP contribution in [0.15, 0.2) is 101 Å². The van der Waals surface area contributed by atoms with E-state index < -0.39 is 7.60 Å². The quantitative estimate of drug-likeness (QED) is 0.221. The molecule has 1 aliphatic heterocycles. The zero-order valence-corrected chi connectivity index (χ0v) is 18.5. The molecule has 0 spiro atoms. The van der Waals surface area contributed by atoms with Crippen LogP contribution in [0.3, 0.4) is 0 Å². The lowest BCUT2D eigenvalue weighted by Crippen LogP contribution is -2.13. The molecule has 30 heavy (non-hydrogen) atoms. The van der Waals surface area contributed by atoms with Gasteiger partial charge in [-0.25, -0.2) is 4.57 Å². The van der Waals surface area contributed by atoms with E-state index in [1.54, 1.807) is 72.8 Å². The van der Waals surface area contributed by atoms with E-state index in [0.29, 0.717) is 21.3 Å². The Kier molecular flexibility index (Phi) is 6.68. The summed E-state index contributed by atoms with van der Waals surface area (Å²) >= 11 is 3.02. The average Bonchev–Trinajstić information content (AvgIpc) is 3.30. The minimum absolute atomic E-state index is 0.0916. The maximum atomic E-state index is 14.3. The Hall–Kier alpha value is -2.40. The van der Waals surface area contributed by atoms with Crippen LogP contribution >= 0.6 is 31.1 Å². The normalized spacial score (nSPS) is 13.7. The smallest absolute Gasteiger partial charge is 0.413 e. The van der Waals surface area contributed by atoms with Crippen LogP contribution in [0, 0.1) is 0 Å². The third-order valence-electron chi connectivity index (χ3n) is 4.21. The van der Waals surface area contributed by atoms with Crippen molar-refractivity contribution in [3.63, 3.8) is 0 Å². The van der Waals surface area contributed by atoms with Crippen LogP contribution in [-0.4, -0.2) is 17.3 Å². The van der Waals surface area contributed by atoms with Crippen LogP contribution in [0.4, 0.5) is 0 Å². The molecule has 3 aromatic rings. The SMILES string of the molecule is O=C(C(=C1SCCS1)P(=O)(Oc1ccccc1)Oc1ccccc1)c1ccccc1. The van der Waals surface area contributed by atoms with Gasteiger partial charge in [-0.3, -0.25) is 4.79 Å². The Morgan fingerprint density at radius 2 is 1.13 bits per heavy atom. The molecule has 0 aromatic heterocycles. The summed E-state index contributed by atoms with van der Waals surface area (Å²) < 4.78 is 26.9. The molecule has 1 fully saturated rings. The van der Waals surface area contributed by atoms with Crippen molar-refractivity contribution in [1.82, 2.24) is 0 Å². The maximum Gasteiger partial charge on any atom is 0.468 e. The Labute approximate surface area is 184 Å². The van der Waals surface area contributed by atoms with Gasteiger partial charge in [0.15, 0.2) is 5.31 Å². The molecule has 4 nitrogen and oxygen atoms in total. The summed E-state index contributed by atoms with van der Waals surface area (Å²) in [6, 6.07) is 26.4. The second-order valence-electron chi connectivity index (χ2n) is 6.33. The van der Waals surface area contributed by atoms with Gasteiger partial charge in [-0.15, -0.1) is 23.5 Å². The molecule has 0 atom stereocenters. The minimum Gasteiger partial charge on any atom is -0.413 e. The monoisotopic (exact) mass is 454 g/mol. The average molecular weight is 455 g/mol. The van der Waals surface area contributed by atoms with E-state index in [4.69, 9.17) is 9.05 Å². The number of hydrogen-bond acceptors (Lipinski definition) is 6. The summed E-state index contributed by atoms with van der Waals surface area (Å²) in [5, 5.41) is 0.0916. The highest BCUT2D eigenvalue weighted by molar-refractivity contribution is 8.25. The van der Waals surface area contributed by atoms with Crippen molar-refractivity contribution in [3.8, 4) is 11.5 Å². The molecule has 3 aromatic carbocycles. The first-order valence-corrected chi connectivity index (χ1v) is 12.9. The van der Waals surface area contributed by atoms with Gasteiger partial charge < -0.3 is 9.05 Å². The molecule has 0 N–H and O–H groups in total. The second-order valence-corrected chi connectivity index (χ2v) is 10.6. The van der Waals surface area contributed by atoms with Crippen molar-refractivity contribution < 1.29 is 18.4 Å². The number of hydrogen-bond donors (Lipinski definition) is 0. The third kappa shape index (κ3) is 4.84. The Morgan fingerprint density at radius 3 is 1.60 bits per heavy atom. The van der Waals surface area contributed by atoms with Crippen LogP contribution in [0.1, 0.15) is 10.4 Å². The maximum absolute atomic E-state index is 14.3. The standard InChI is InChI=1S/C23H19O4PS2/c24-21(18-10-4-1-5-11-18)22(23-29-16-17-30-23)28(25,26-19-12-6-2-7-13-19)27-20-14-8-3-9-15-20/h1-15H,16-17H2. The molecule has 1 aliphatic rings. The molecule has 7 heteroatoms. The highest BCUT2D eigenvalue weighted by atomic mass is 32.2. The minimum atomic E-state index is -4.06. The predicted molar refractivity (Wildman–Crippen MR) is 124 cm³/mol. The van der Waals surface area contributed by atoms with Gasteiger partial charge in [0, 0.05) is 17.1 Å². The Bertz CT molecular complexity index is 1030. The number of ketones is 1. The number of thioether (sulfide) groups is 2. The molecule has 0 saturated carbocycles. The van der Waals surface area contributed by atoms with Gasteiger partial charge in [-0.1, -0.05) is 66.7 Å². The molecule has 0 radical (unpaired) electrons. The summed E-state index contributed by atoms with van der Waals surface area (Å²) in [5.41, 5.74) is 0.446. The number of benzene rings is 3. The lowest BCUT2D eigenvalue weighted by molar-refractivity contribution is 0.103. The van der Waals surface area contributed by atoms with Gasteiger partial charge in [-0.05, 0) is 24.3 Å². The topological polar surface area (TPSA) is 52.6 Å². The zero-order valence-electron chi connectivity index (χ0n) is 16.0. The van der Waals surface area contributed by atoms with Crippen LogP contribution in [0.2, 0.25) is 0 Å². The van der Waals surface area contributed by atoms with Gasteiger partial charge in [0.25, 0.3) is 0 Å². The van der Waals surface area contributed by atoms with Gasteiger partial charge in [0.1, 0.15) is 11.5 Å². The van der Waals surface area contributed by atoms with E-state index in [2.05, 4.69) is 0 Å². The van der Waals surface area contributed by atoms with E-state index in [1.165, 1.54) is 23.5 Å². The fraction of sp³-hybridized carbons (Fsp3) is 0.0870. The largest absolute Gasteiger partial charge is 0.468 e. The highest BCUT2D eigenvalue weighted by Gasteiger charge is 2.43. The van der Waals surface area contributed by atoms with Crippen molar-refractivity contribution in [2.24, 2.45) is 0 Å². The van der Waals surface area contributed by atoms with E-state index in [-0.39, 0.29) is 11.1 Å². The Morgan fingerprint density at radius 1 is 0.700 bits per heavy atom. The van der Waals surface area contributed by atoms with Crippen molar-refractivity contribution in [3.05, 3.63) is 106 Å². The first-order chi connectivity index (χ1) is 14.7. The third-order valence-corrected chi connectivity index (χ3v) is 9.10. The summed E-state index contributed by atoms with van der Waals surface area (Å²) in [4.78, 5) is 13.5.